The number of rotatable bonds is 7. The molecule has 0 unspecified atom stereocenters. The van der Waals surface area contributed by atoms with Gasteiger partial charge in [0.1, 0.15) is 0 Å². The van der Waals surface area contributed by atoms with Gasteiger partial charge in [0.25, 0.3) is 0 Å². The molecule has 0 atom stereocenters. The van der Waals surface area contributed by atoms with Crippen LogP contribution >= 0.6 is 15.9 Å². The Morgan fingerprint density at radius 3 is 1.81 bits per heavy atom. The Balaban J connectivity index is 2.82. The first kappa shape index (κ1) is 24.1. The summed E-state index contributed by atoms with van der Waals surface area (Å²) in [5, 5.41) is 0.479. The van der Waals surface area contributed by atoms with Gasteiger partial charge in [0.05, 0.1) is 6.61 Å². The number of hydrogen-bond acceptors (Lipinski definition) is 2. The van der Waals surface area contributed by atoms with Gasteiger partial charge in [-0.2, -0.15) is 0 Å². The van der Waals surface area contributed by atoms with E-state index in [4.69, 9.17) is 8.85 Å². The summed E-state index contributed by atoms with van der Waals surface area (Å²) in [5.74, 6) is 0. The average Bonchev–Trinajstić information content (AvgIpc) is 2.43. The van der Waals surface area contributed by atoms with Gasteiger partial charge in [0.15, 0.2) is 16.6 Å². The summed E-state index contributed by atoms with van der Waals surface area (Å²) in [4.78, 5) is 0. The standard InChI is InChI=1S/C21H39BrO2Si2/c1-20(2,3)25(7,8)23-14-13-17-15-19(22)12-11-18(17)16-24-26(9,10)21(4,5)6/h11-12,15H,13-14,16H2,1-10H3. The predicted molar refractivity (Wildman–Crippen MR) is 123 cm³/mol. The summed E-state index contributed by atoms with van der Waals surface area (Å²) in [6.45, 7) is 24.4. The molecule has 1 aromatic carbocycles. The van der Waals surface area contributed by atoms with Crippen LogP contribution in [0.4, 0.5) is 0 Å². The van der Waals surface area contributed by atoms with Crippen LogP contribution in [0.3, 0.4) is 0 Å². The highest BCUT2D eigenvalue weighted by Gasteiger charge is 2.38. The van der Waals surface area contributed by atoms with Gasteiger partial charge in [-0.15, -0.1) is 0 Å². The van der Waals surface area contributed by atoms with Crippen molar-refractivity contribution in [3.05, 3.63) is 33.8 Å². The quantitative estimate of drug-likeness (QED) is 0.392. The van der Waals surface area contributed by atoms with Crippen molar-refractivity contribution in [1.82, 2.24) is 0 Å². The van der Waals surface area contributed by atoms with Crippen molar-refractivity contribution in [3.8, 4) is 0 Å². The molecule has 0 aromatic heterocycles. The molecule has 0 radical (unpaired) electrons. The Hall–Kier alpha value is 0.0538. The van der Waals surface area contributed by atoms with Crippen molar-refractivity contribution < 1.29 is 8.85 Å². The smallest absolute Gasteiger partial charge is 0.192 e. The summed E-state index contributed by atoms with van der Waals surface area (Å²) < 4.78 is 14.0. The predicted octanol–water partition coefficient (Wildman–Crippen LogP) is 7.54. The molecule has 150 valence electrons. The molecule has 0 heterocycles. The minimum atomic E-state index is -1.75. The maximum atomic E-state index is 6.45. The third kappa shape index (κ3) is 6.59. The lowest BCUT2D eigenvalue weighted by atomic mass is 10.1. The second-order valence-electron chi connectivity index (χ2n) is 10.3. The van der Waals surface area contributed by atoms with Crippen LogP contribution in [0.25, 0.3) is 0 Å². The summed E-state index contributed by atoms with van der Waals surface area (Å²) in [7, 11) is -3.45. The van der Waals surface area contributed by atoms with Gasteiger partial charge in [-0.05, 0) is 65.9 Å². The fourth-order valence-corrected chi connectivity index (χ4v) is 4.48. The highest BCUT2D eigenvalue weighted by atomic mass is 79.9. The summed E-state index contributed by atoms with van der Waals surface area (Å²) >= 11 is 3.62. The minimum absolute atomic E-state index is 0.230. The van der Waals surface area contributed by atoms with E-state index in [0.29, 0.717) is 6.61 Å². The summed E-state index contributed by atoms with van der Waals surface area (Å²) in [6, 6.07) is 6.53. The average molecular weight is 460 g/mol. The molecular weight excluding hydrogens is 420 g/mol. The molecule has 0 spiro atoms. The zero-order valence-corrected chi connectivity index (χ0v) is 22.1. The Kier molecular flexibility index (Phi) is 7.97. The molecule has 5 heteroatoms. The van der Waals surface area contributed by atoms with E-state index in [0.717, 1.165) is 17.5 Å². The van der Waals surface area contributed by atoms with E-state index in [1.807, 2.05) is 0 Å². The van der Waals surface area contributed by atoms with Crippen LogP contribution in [0.5, 0.6) is 0 Å². The number of benzene rings is 1. The van der Waals surface area contributed by atoms with Gasteiger partial charge < -0.3 is 8.85 Å². The van der Waals surface area contributed by atoms with E-state index in [2.05, 4.69) is 102 Å². The SMILES string of the molecule is CC(C)(C)[Si](C)(C)OCCc1cc(Br)ccc1CO[Si](C)(C)C(C)(C)C. The van der Waals surface area contributed by atoms with Gasteiger partial charge in [0.2, 0.25) is 0 Å². The van der Waals surface area contributed by atoms with Gasteiger partial charge in [-0.3, -0.25) is 0 Å². The highest BCUT2D eigenvalue weighted by molar-refractivity contribution is 9.10. The van der Waals surface area contributed by atoms with Crippen LogP contribution in [0.15, 0.2) is 22.7 Å². The van der Waals surface area contributed by atoms with Crippen LogP contribution in [-0.4, -0.2) is 23.2 Å². The molecule has 0 aliphatic rings. The maximum Gasteiger partial charge on any atom is 0.192 e. The molecule has 0 aliphatic heterocycles. The molecule has 0 N–H and O–H groups in total. The van der Waals surface area contributed by atoms with Gasteiger partial charge in [-0.25, -0.2) is 0 Å². The fourth-order valence-electron chi connectivity index (χ4n) is 2.08. The van der Waals surface area contributed by atoms with E-state index in [-0.39, 0.29) is 10.1 Å². The lowest BCUT2D eigenvalue weighted by molar-refractivity contribution is 0.271. The largest absolute Gasteiger partial charge is 0.416 e. The van der Waals surface area contributed by atoms with Gasteiger partial charge >= 0.3 is 0 Å². The molecule has 0 saturated carbocycles. The fraction of sp³-hybridized carbons (Fsp3) is 0.714. The summed E-state index contributed by atoms with van der Waals surface area (Å²) in [6.07, 6.45) is 0.933. The molecule has 0 saturated heterocycles. The molecule has 1 aromatic rings. The molecule has 1 rings (SSSR count). The Bertz CT molecular complexity index is 599. The molecule has 0 amide bonds. The lowest BCUT2D eigenvalue weighted by Gasteiger charge is -2.37. The first-order valence-corrected chi connectivity index (χ1v) is 16.2. The molecule has 0 aliphatic carbocycles. The number of halogens is 1. The Morgan fingerprint density at radius 2 is 1.31 bits per heavy atom. The second-order valence-corrected chi connectivity index (χ2v) is 20.9. The minimum Gasteiger partial charge on any atom is -0.416 e. The molecule has 0 bridgehead atoms. The first-order valence-electron chi connectivity index (χ1n) is 9.62. The number of hydrogen-bond donors (Lipinski definition) is 0. The zero-order chi connectivity index (χ0) is 20.4. The molecular formula is C21H39BrO2Si2. The van der Waals surface area contributed by atoms with Crippen LogP contribution < -0.4 is 0 Å². The second kappa shape index (κ2) is 8.60. The summed E-state index contributed by atoms with van der Waals surface area (Å²) in [5.41, 5.74) is 2.62. The third-order valence-electron chi connectivity index (χ3n) is 6.20. The first-order chi connectivity index (χ1) is 11.6. The highest BCUT2D eigenvalue weighted by Crippen LogP contribution is 2.38. The third-order valence-corrected chi connectivity index (χ3v) is 15.7. The maximum absolute atomic E-state index is 6.45. The lowest BCUT2D eigenvalue weighted by Crippen LogP contribution is -2.41. The molecule has 2 nitrogen and oxygen atoms in total. The topological polar surface area (TPSA) is 18.5 Å². The van der Waals surface area contributed by atoms with Crippen molar-refractivity contribution >= 4 is 32.6 Å². The van der Waals surface area contributed by atoms with Crippen LogP contribution in [0, 0.1) is 0 Å². The van der Waals surface area contributed by atoms with E-state index in [9.17, 15) is 0 Å². The van der Waals surface area contributed by atoms with Crippen LogP contribution in [0.1, 0.15) is 52.7 Å². The zero-order valence-electron chi connectivity index (χ0n) is 18.5. The van der Waals surface area contributed by atoms with E-state index >= 15 is 0 Å². The molecule has 26 heavy (non-hydrogen) atoms. The van der Waals surface area contributed by atoms with Crippen molar-refractivity contribution in [2.75, 3.05) is 6.61 Å². The Morgan fingerprint density at radius 1 is 0.808 bits per heavy atom. The van der Waals surface area contributed by atoms with Crippen LogP contribution in [-0.2, 0) is 21.9 Å². The van der Waals surface area contributed by atoms with Crippen molar-refractivity contribution in [3.63, 3.8) is 0 Å². The van der Waals surface area contributed by atoms with Crippen molar-refractivity contribution in [2.24, 2.45) is 0 Å². The normalized spacial score (nSPS) is 14.0. The van der Waals surface area contributed by atoms with Gasteiger partial charge in [0, 0.05) is 11.1 Å². The van der Waals surface area contributed by atoms with Crippen LogP contribution in [0.2, 0.25) is 36.3 Å². The van der Waals surface area contributed by atoms with E-state index < -0.39 is 16.6 Å². The Labute approximate surface area is 172 Å². The molecule has 0 fully saturated rings. The van der Waals surface area contributed by atoms with E-state index in [1.165, 1.54) is 11.1 Å². The monoisotopic (exact) mass is 458 g/mol. The van der Waals surface area contributed by atoms with E-state index in [1.54, 1.807) is 0 Å². The van der Waals surface area contributed by atoms with Gasteiger partial charge in [-0.1, -0.05) is 63.5 Å². The van der Waals surface area contributed by atoms with Crippen molar-refractivity contribution in [2.45, 2.75) is 90.8 Å². The van der Waals surface area contributed by atoms with Crippen molar-refractivity contribution in [1.29, 1.82) is 0 Å².